The van der Waals surface area contributed by atoms with Crippen molar-refractivity contribution in [1.82, 2.24) is 10.6 Å². The number of alkyl carbamates (subject to hydrolysis) is 1. The summed E-state index contributed by atoms with van der Waals surface area (Å²) in [7, 11) is -1.34. The van der Waals surface area contributed by atoms with Gasteiger partial charge in [-0.1, -0.05) is 46.8 Å². The number of carbonyl (C=O) groups is 2. The van der Waals surface area contributed by atoms with Crippen molar-refractivity contribution in [3.63, 3.8) is 0 Å². The molecule has 0 saturated carbocycles. The van der Waals surface area contributed by atoms with Gasteiger partial charge in [-0.25, -0.2) is 4.79 Å². The smallest absolute Gasteiger partial charge is 0.407 e. The minimum atomic E-state index is -1.34. The first kappa shape index (κ1) is 24.9. The average molecular weight is 388 g/mol. The molecule has 0 aliphatic carbocycles. The maximum atomic E-state index is 11.7. The van der Waals surface area contributed by atoms with E-state index in [1.54, 1.807) is 0 Å². The summed E-state index contributed by atoms with van der Waals surface area (Å²) in [5, 5.41) is 5.56. The van der Waals surface area contributed by atoms with E-state index in [4.69, 9.17) is 10.5 Å². The highest BCUT2D eigenvalue weighted by atomic mass is 28.3. The molecule has 0 aliphatic heterocycles. The van der Waals surface area contributed by atoms with Gasteiger partial charge in [-0.05, 0) is 37.1 Å². The molecule has 7 heteroatoms. The van der Waals surface area contributed by atoms with Gasteiger partial charge in [0.1, 0.15) is 0 Å². The van der Waals surface area contributed by atoms with Crippen LogP contribution < -0.4 is 16.4 Å². The highest BCUT2D eigenvalue weighted by Crippen LogP contribution is 2.29. The second kappa shape index (κ2) is 12.3. The Hall–Kier alpha value is -1.08. The van der Waals surface area contributed by atoms with Crippen LogP contribution in [0, 0.1) is 5.41 Å². The lowest BCUT2D eigenvalue weighted by atomic mass is 10.0. The molecule has 0 aromatic rings. The lowest BCUT2D eigenvalue weighted by Crippen LogP contribution is -2.40. The van der Waals surface area contributed by atoms with Crippen LogP contribution in [0.4, 0.5) is 4.79 Å². The van der Waals surface area contributed by atoms with Crippen molar-refractivity contribution in [3.8, 4) is 0 Å². The summed E-state index contributed by atoms with van der Waals surface area (Å²) >= 11 is 0. The maximum absolute atomic E-state index is 11.7. The summed E-state index contributed by atoms with van der Waals surface area (Å²) < 4.78 is 5.30. The number of hydrogen-bond donors (Lipinski definition) is 3. The SMILES string of the molecule is CCCNC(=O)[C@@H](N)CCCCNC(=O)OCC[Si](C)(C)CC(C)(C)C. The standard InChI is InChI=1S/C19H41N3O3Si/c1-7-11-21-17(23)16(20)10-8-9-12-22-18(24)25-13-14-26(5,6)15-19(2,3)4/h16H,7-15,20H2,1-6H3,(H,21,23)(H,22,24)/t16-/m0/s1. The van der Waals surface area contributed by atoms with Crippen molar-refractivity contribution in [3.05, 3.63) is 0 Å². The predicted octanol–water partition coefficient (Wildman–Crippen LogP) is 3.49. The van der Waals surface area contributed by atoms with Gasteiger partial charge >= 0.3 is 6.09 Å². The first-order valence-electron chi connectivity index (χ1n) is 9.91. The lowest BCUT2D eigenvalue weighted by molar-refractivity contribution is -0.122. The molecule has 0 heterocycles. The molecule has 0 spiro atoms. The van der Waals surface area contributed by atoms with Crippen LogP contribution in [0.25, 0.3) is 0 Å². The molecule has 0 bridgehead atoms. The number of nitrogens with two attached hydrogens (primary N) is 1. The number of hydrogen-bond acceptors (Lipinski definition) is 4. The number of carbonyl (C=O) groups excluding carboxylic acids is 2. The van der Waals surface area contributed by atoms with Crippen molar-refractivity contribution in [1.29, 1.82) is 0 Å². The maximum Gasteiger partial charge on any atom is 0.407 e. The fourth-order valence-corrected chi connectivity index (χ4v) is 6.89. The molecular formula is C19H41N3O3Si. The Bertz CT molecular complexity index is 423. The molecule has 0 aromatic heterocycles. The summed E-state index contributed by atoms with van der Waals surface area (Å²) in [5.74, 6) is -0.0961. The fourth-order valence-electron chi connectivity index (χ4n) is 3.19. The minimum Gasteiger partial charge on any atom is -0.450 e. The van der Waals surface area contributed by atoms with E-state index in [0.717, 1.165) is 25.3 Å². The van der Waals surface area contributed by atoms with Gasteiger partial charge in [0.2, 0.25) is 5.91 Å². The van der Waals surface area contributed by atoms with Crippen molar-refractivity contribution >= 4 is 20.1 Å². The van der Waals surface area contributed by atoms with Gasteiger partial charge in [0.05, 0.1) is 20.7 Å². The van der Waals surface area contributed by atoms with Crippen LogP contribution in [0.3, 0.4) is 0 Å². The van der Waals surface area contributed by atoms with Crippen LogP contribution in [0.5, 0.6) is 0 Å². The Morgan fingerprint density at radius 2 is 1.77 bits per heavy atom. The number of nitrogens with one attached hydrogen (secondary N) is 2. The summed E-state index contributed by atoms with van der Waals surface area (Å²) in [5.41, 5.74) is 6.16. The van der Waals surface area contributed by atoms with Crippen LogP contribution in [0.2, 0.25) is 25.2 Å². The van der Waals surface area contributed by atoms with Crippen molar-refractivity contribution < 1.29 is 14.3 Å². The molecule has 0 saturated heterocycles. The molecule has 154 valence electrons. The van der Waals surface area contributed by atoms with Gasteiger partial charge in [0.25, 0.3) is 0 Å². The number of rotatable bonds is 12. The monoisotopic (exact) mass is 387 g/mol. The molecule has 0 unspecified atom stereocenters. The molecule has 0 radical (unpaired) electrons. The fraction of sp³-hybridized carbons (Fsp3) is 0.895. The molecule has 6 nitrogen and oxygen atoms in total. The second-order valence-corrected chi connectivity index (χ2v) is 14.3. The zero-order valence-corrected chi connectivity index (χ0v) is 18.7. The first-order chi connectivity index (χ1) is 12.0. The highest BCUT2D eigenvalue weighted by molar-refractivity contribution is 6.77. The molecule has 0 rings (SSSR count). The van der Waals surface area contributed by atoms with E-state index in [1.807, 2.05) is 6.92 Å². The molecule has 0 aromatic carbocycles. The van der Waals surface area contributed by atoms with Crippen LogP contribution in [0.15, 0.2) is 0 Å². The zero-order valence-electron chi connectivity index (χ0n) is 17.7. The third kappa shape index (κ3) is 14.1. The zero-order chi connectivity index (χ0) is 20.2. The average Bonchev–Trinajstić information content (AvgIpc) is 2.49. The number of unbranched alkanes of at least 4 members (excludes halogenated alkanes) is 1. The molecule has 0 fully saturated rings. The number of ether oxygens (including phenoxy) is 1. The molecule has 1 atom stereocenters. The van der Waals surface area contributed by atoms with E-state index < -0.39 is 14.1 Å². The molecule has 4 N–H and O–H groups in total. The van der Waals surface area contributed by atoms with Gasteiger partial charge in [-0.3, -0.25) is 4.79 Å². The van der Waals surface area contributed by atoms with E-state index in [-0.39, 0.29) is 12.0 Å². The molecule has 2 amide bonds. The van der Waals surface area contributed by atoms with E-state index in [2.05, 4.69) is 44.5 Å². The topological polar surface area (TPSA) is 93.5 Å². The van der Waals surface area contributed by atoms with Crippen molar-refractivity contribution in [2.75, 3.05) is 19.7 Å². The van der Waals surface area contributed by atoms with Crippen molar-refractivity contribution in [2.45, 2.75) is 84.6 Å². The minimum absolute atomic E-state index is 0.0961. The van der Waals surface area contributed by atoms with E-state index in [9.17, 15) is 9.59 Å². The Labute approximate surface area is 161 Å². The summed E-state index contributed by atoms with van der Waals surface area (Å²) in [6, 6.07) is 1.74. The first-order valence-corrected chi connectivity index (χ1v) is 13.3. The van der Waals surface area contributed by atoms with E-state index >= 15 is 0 Å². The quantitative estimate of drug-likeness (QED) is 0.353. The third-order valence-electron chi connectivity index (χ3n) is 4.12. The number of amides is 2. The predicted molar refractivity (Wildman–Crippen MR) is 111 cm³/mol. The largest absolute Gasteiger partial charge is 0.450 e. The lowest BCUT2D eigenvalue weighted by Gasteiger charge is -2.30. The Kier molecular flexibility index (Phi) is 11.8. The van der Waals surface area contributed by atoms with Gasteiger partial charge in [0, 0.05) is 13.1 Å². The summed E-state index contributed by atoms with van der Waals surface area (Å²) in [6.45, 7) is 15.2. The van der Waals surface area contributed by atoms with Crippen LogP contribution in [-0.4, -0.2) is 45.8 Å². The third-order valence-corrected chi connectivity index (χ3v) is 7.69. The molecule has 26 heavy (non-hydrogen) atoms. The van der Waals surface area contributed by atoms with Crippen LogP contribution >= 0.6 is 0 Å². The second-order valence-electron chi connectivity index (χ2n) is 9.11. The normalized spacial score (nSPS) is 13.2. The molecular weight excluding hydrogens is 346 g/mol. The Morgan fingerprint density at radius 3 is 2.35 bits per heavy atom. The highest BCUT2D eigenvalue weighted by Gasteiger charge is 2.27. The van der Waals surface area contributed by atoms with Gasteiger partial charge < -0.3 is 21.1 Å². The van der Waals surface area contributed by atoms with Gasteiger partial charge in [-0.15, -0.1) is 0 Å². The van der Waals surface area contributed by atoms with E-state index in [0.29, 0.717) is 31.5 Å². The van der Waals surface area contributed by atoms with Gasteiger partial charge in [-0.2, -0.15) is 0 Å². The van der Waals surface area contributed by atoms with Crippen LogP contribution in [0.1, 0.15) is 53.4 Å². The van der Waals surface area contributed by atoms with Crippen molar-refractivity contribution in [2.24, 2.45) is 11.1 Å². The van der Waals surface area contributed by atoms with Gasteiger partial charge in [0.15, 0.2) is 0 Å². The molecule has 0 aliphatic rings. The van der Waals surface area contributed by atoms with E-state index in [1.165, 1.54) is 6.04 Å². The van der Waals surface area contributed by atoms with Crippen LogP contribution in [-0.2, 0) is 9.53 Å². The Morgan fingerprint density at radius 1 is 1.12 bits per heavy atom. The summed E-state index contributed by atoms with van der Waals surface area (Å²) in [4.78, 5) is 23.4. The summed E-state index contributed by atoms with van der Waals surface area (Å²) in [6.07, 6.45) is 2.76. The Balaban J connectivity index is 3.76.